The summed E-state index contributed by atoms with van der Waals surface area (Å²) in [6.07, 6.45) is 0.593. The highest BCUT2D eigenvalue weighted by Gasteiger charge is 2.55. The van der Waals surface area contributed by atoms with E-state index >= 15 is 0 Å². The number of carbonyl (C=O) groups is 2. The molecule has 184 valence electrons. The minimum Gasteiger partial charge on any atom is -0.489 e. The van der Waals surface area contributed by atoms with Gasteiger partial charge in [-0.15, -0.1) is 0 Å². The molecule has 7 heteroatoms. The van der Waals surface area contributed by atoms with Crippen molar-refractivity contribution >= 4 is 22.7 Å². The van der Waals surface area contributed by atoms with Gasteiger partial charge in [-0.3, -0.25) is 19.8 Å². The van der Waals surface area contributed by atoms with E-state index in [4.69, 9.17) is 9.94 Å². The van der Waals surface area contributed by atoms with Crippen LogP contribution in [0.25, 0.3) is 10.9 Å². The lowest BCUT2D eigenvalue weighted by Crippen LogP contribution is -2.48. The van der Waals surface area contributed by atoms with Crippen LogP contribution in [0.2, 0.25) is 0 Å². The van der Waals surface area contributed by atoms with Crippen molar-refractivity contribution in [3.05, 3.63) is 70.9 Å². The van der Waals surface area contributed by atoms with Crippen LogP contribution in [-0.4, -0.2) is 40.0 Å². The zero-order valence-corrected chi connectivity index (χ0v) is 21.0. The molecule has 1 saturated heterocycles. The summed E-state index contributed by atoms with van der Waals surface area (Å²) in [5.74, 6) is 0.0206. The molecule has 1 aromatic heterocycles. The van der Waals surface area contributed by atoms with Crippen LogP contribution in [0.4, 0.5) is 0 Å². The van der Waals surface area contributed by atoms with Gasteiger partial charge in [-0.05, 0) is 61.6 Å². The third kappa shape index (κ3) is 4.60. The molecule has 1 aliphatic heterocycles. The van der Waals surface area contributed by atoms with E-state index in [1.165, 1.54) is 10.5 Å². The van der Waals surface area contributed by atoms with Crippen LogP contribution in [0.1, 0.15) is 49.6 Å². The molecule has 1 fully saturated rings. The zero-order valence-electron chi connectivity index (χ0n) is 21.0. The summed E-state index contributed by atoms with van der Waals surface area (Å²) in [6.45, 7) is 10.9. The first kappa shape index (κ1) is 24.7. The van der Waals surface area contributed by atoms with Crippen LogP contribution in [0.5, 0.6) is 5.75 Å². The van der Waals surface area contributed by atoms with Gasteiger partial charge in [-0.1, -0.05) is 44.5 Å². The van der Waals surface area contributed by atoms with Gasteiger partial charge in [-0.25, -0.2) is 5.48 Å². The molecule has 0 aliphatic carbocycles. The van der Waals surface area contributed by atoms with Crippen LogP contribution in [0.15, 0.2) is 48.5 Å². The average Bonchev–Trinajstić information content (AvgIpc) is 3.15. The number of nitrogens with one attached hydrogen (secondary N) is 1. The number of nitrogens with zero attached hydrogens (tertiary/aromatic N) is 2. The van der Waals surface area contributed by atoms with Gasteiger partial charge < -0.3 is 9.64 Å². The second-order valence-corrected chi connectivity index (χ2v) is 10.4. The Bertz CT molecular complexity index is 1260. The van der Waals surface area contributed by atoms with Gasteiger partial charge in [0.25, 0.3) is 5.91 Å². The van der Waals surface area contributed by atoms with E-state index in [1.54, 1.807) is 5.48 Å². The van der Waals surface area contributed by atoms with Crippen molar-refractivity contribution in [1.29, 1.82) is 0 Å². The number of aromatic nitrogens is 1. The molecule has 1 unspecified atom stereocenters. The normalized spacial score (nSPS) is 18.2. The second-order valence-electron chi connectivity index (χ2n) is 10.4. The monoisotopic (exact) mass is 475 g/mol. The van der Waals surface area contributed by atoms with Gasteiger partial charge in [0.05, 0.1) is 10.9 Å². The molecule has 2 amide bonds. The number of ether oxygens (including phenoxy) is 1. The van der Waals surface area contributed by atoms with Gasteiger partial charge in [-0.2, -0.15) is 0 Å². The fraction of sp³-hybridized carbons (Fsp3) is 0.393. The summed E-state index contributed by atoms with van der Waals surface area (Å²) in [5.41, 5.74) is 5.53. The highest BCUT2D eigenvalue weighted by Crippen LogP contribution is 2.49. The summed E-state index contributed by atoms with van der Waals surface area (Å²) in [6, 6.07) is 16.0. The predicted molar refractivity (Wildman–Crippen MR) is 134 cm³/mol. The minimum atomic E-state index is -0.767. The summed E-state index contributed by atoms with van der Waals surface area (Å²) in [5, 5.41) is 9.97. The van der Waals surface area contributed by atoms with Gasteiger partial charge in [0.2, 0.25) is 5.91 Å². The van der Waals surface area contributed by atoms with Crippen LogP contribution in [0, 0.1) is 19.3 Å². The highest BCUT2D eigenvalue weighted by atomic mass is 16.5. The Hall–Kier alpha value is -3.45. The van der Waals surface area contributed by atoms with Crippen LogP contribution < -0.4 is 10.2 Å². The van der Waals surface area contributed by atoms with E-state index in [1.807, 2.05) is 58.0 Å². The first-order valence-corrected chi connectivity index (χ1v) is 11.9. The van der Waals surface area contributed by atoms with Crippen molar-refractivity contribution in [1.82, 2.24) is 15.4 Å². The van der Waals surface area contributed by atoms with Crippen molar-refractivity contribution in [3.8, 4) is 5.75 Å². The van der Waals surface area contributed by atoms with E-state index in [2.05, 4.69) is 30.1 Å². The molecule has 0 saturated carbocycles. The number of hydrogen-bond acceptors (Lipinski definition) is 5. The smallest absolute Gasteiger partial charge is 0.262 e. The van der Waals surface area contributed by atoms with E-state index in [9.17, 15) is 9.59 Å². The minimum absolute atomic E-state index is 0.101. The third-order valence-electron chi connectivity index (χ3n) is 7.07. The molecule has 7 nitrogen and oxygen atoms in total. The fourth-order valence-corrected chi connectivity index (χ4v) is 5.21. The Balaban J connectivity index is 1.57. The second kappa shape index (κ2) is 9.30. The molecule has 1 aliphatic rings. The number of aryl methyl sites for hydroxylation is 2. The molecule has 4 rings (SSSR count). The fourth-order valence-electron chi connectivity index (χ4n) is 5.21. The molecule has 0 bridgehead atoms. The molecule has 0 spiro atoms. The van der Waals surface area contributed by atoms with Crippen LogP contribution in [-0.2, 0) is 21.6 Å². The molecule has 0 radical (unpaired) electrons. The van der Waals surface area contributed by atoms with Crippen molar-refractivity contribution in [2.45, 2.75) is 53.1 Å². The predicted octanol–water partition coefficient (Wildman–Crippen LogP) is 4.45. The number of amides is 2. The SMILES string of the molecule is Cc1ccc2nc(C)cc(COc3ccc(C4(C(C)(C)C)CCN(CC(=O)NO)C4=O)cc3)c2c1. The van der Waals surface area contributed by atoms with Gasteiger partial charge in [0, 0.05) is 23.2 Å². The molecular formula is C28H33N3O4. The number of hydrogen-bond donors (Lipinski definition) is 2. The van der Waals surface area contributed by atoms with Crippen LogP contribution >= 0.6 is 0 Å². The Morgan fingerprint density at radius 3 is 2.51 bits per heavy atom. The lowest BCUT2D eigenvalue weighted by atomic mass is 9.61. The molecule has 2 N–H and O–H groups in total. The Kier molecular flexibility index (Phi) is 6.56. The molecule has 2 aromatic carbocycles. The zero-order chi connectivity index (χ0) is 25.4. The van der Waals surface area contributed by atoms with Gasteiger partial charge >= 0.3 is 0 Å². The maximum Gasteiger partial charge on any atom is 0.262 e. The largest absolute Gasteiger partial charge is 0.489 e. The maximum atomic E-state index is 13.5. The summed E-state index contributed by atoms with van der Waals surface area (Å²) >= 11 is 0. The number of likely N-dealkylation sites (tertiary alicyclic amines) is 1. The van der Waals surface area contributed by atoms with E-state index in [-0.39, 0.29) is 17.9 Å². The Labute approximate surface area is 206 Å². The van der Waals surface area contributed by atoms with Gasteiger partial charge in [0.15, 0.2) is 0 Å². The Morgan fingerprint density at radius 1 is 1.14 bits per heavy atom. The van der Waals surface area contributed by atoms with Gasteiger partial charge in [0.1, 0.15) is 18.9 Å². The number of rotatable bonds is 6. The summed E-state index contributed by atoms with van der Waals surface area (Å²) in [7, 11) is 0. The first-order chi connectivity index (χ1) is 16.5. The van der Waals surface area contributed by atoms with Crippen molar-refractivity contribution < 1.29 is 19.5 Å². The molecule has 3 aromatic rings. The lowest BCUT2D eigenvalue weighted by molar-refractivity contribution is -0.141. The van der Waals surface area contributed by atoms with E-state index in [0.29, 0.717) is 19.6 Å². The topological polar surface area (TPSA) is 91.8 Å². The first-order valence-electron chi connectivity index (χ1n) is 11.9. The number of benzene rings is 2. The lowest BCUT2D eigenvalue weighted by Gasteiger charge is -2.40. The summed E-state index contributed by atoms with van der Waals surface area (Å²) < 4.78 is 6.14. The number of fused-ring (bicyclic) bond motifs is 1. The standard InChI is InChI=1S/C28H33N3O4/c1-18-6-11-24-23(14-18)20(15-19(2)29-24)17-35-22-9-7-21(8-10-22)28(27(3,4)5)12-13-31(26(28)33)16-25(32)30-34/h6-11,14-15,34H,12-13,16-17H2,1-5H3,(H,30,32). The number of pyridine rings is 1. The highest BCUT2D eigenvalue weighted by molar-refractivity contribution is 5.94. The average molecular weight is 476 g/mol. The number of hydroxylamine groups is 1. The molecular weight excluding hydrogens is 442 g/mol. The quantitative estimate of drug-likeness (QED) is 0.406. The molecule has 2 heterocycles. The van der Waals surface area contributed by atoms with E-state index in [0.717, 1.165) is 33.5 Å². The van der Waals surface area contributed by atoms with Crippen LogP contribution in [0.3, 0.4) is 0 Å². The Morgan fingerprint density at radius 2 is 1.86 bits per heavy atom. The van der Waals surface area contributed by atoms with Crippen molar-refractivity contribution in [2.75, 3.05) is 13.1 Å². The third-order valence-corrected chi connectivity index (χ3v) is 7.07. The number of carbonyl (C=O) groups excluding carboxylic acids is 2. The molecule has 35 heavy (non-hydrogen) atoms. The molecule has 1 atom stereocenters. The maximum absolute atomic E-state index is 13.5. The van der Waals surface area contributed by atoms with Crippen molar-refractivity contribution in [3.63, 3.8) is 0 Å². The van der Waals surface area contributed by atoms with Crippen molar-refractivity contribution in [2.24, 2.45) is 5.41 Å². The summed E-state index contributed by atoms with van der Waals surface area (Å²) in [4.78, 5) is 31.4. The van der Waals surface area contributed by atoms with E-state index < -0.39 is 11.3 Å².